The van der Waals surface area contributed by atoms with E-state index >= 15 is 8.78 Å². The van der Waals surface area contributed by atoms with E-state index < -0.39 is 125 Å². The summed E-state index contributed by atoms with van der Waals surface area (Å²) in [4.78, 5) is 65.9. The number of alkyl halides is 7. The van der Waals surface area contributed by atoms with Gasteiger partial charge in [-0.15, -0.1) is 0 Å². The maximum Gasteiger partial charge on any atom is 0.405 e. The molecular weight excluding hydrogens is 797 g/mol. The lowest BCUT2D eigenvalue weighted by Crippen LogP contribution is -2.60. The van der Waals surface area contributed by atoms with E-state index in [4.69, 9.17) is 16.3 Å². The van der Waals surface area contributed by atoms with Gasteiger partial charge in [0, 0.05) is 17.1 Å². The van der Waals surface area contributed by atoms with E-state index in [1.807, 2.05) is 5.32 Å². The number of hydrogen-bond donors (Lipinski definition) is 5. The molecule has 1 aliphatic heterocycles. The molecule has 22 heteroatoms. The van der Waals surface area contributed by atoms with E-state index in [2.05, 4.69) is 0 Å². The van der Waals surface area contributed by atoms with Crippen molar-refractivity contribution in [2.45, 2.75) is 61.7 Å². The van der Waals surface area contributed by atoms with Crippen LogP contribution in [0.3, 0.4) is 0 Å². The standard InChI is InChI=1S/C33H36ClF7N4O9S/c1-16(2)24(26(47)33(40,41)29(50)42-15-31(35,36)37)44-27(48)23-11-18(25(55(52)53)17-7-9-21(54-3)10-8-17)13-45(23)28(49)22(14-46)43-30(51)32(38,39)19-5-4-6-20(34)12-19/h4-10,12,16,18,22-25,46,55H,11,13-15H2,1-3H3,(H,42,50)(H,43,51)(H,44,48)/t18-,22+,23+,24+,25?/m1/s1. The molecule has 1 fully saturated rings. The van der Waals surface area contributed by atoms with Crippen LogP contribution in [0.1, 0.15) is 36.6 Å². The van der Waals surface area contributed by atoms with Crippen molar-refractivity contribution >= 4 is 51.7 Å². The van der Waals surface area contributed by atoms with Gasteiger partial charge in [-0.25, -0.2) is 8.42 Å². The van der Waals surface area contributed by atoms with Crippen molar-refractivity contribution in [1.82, 2.24) is 20.9 Å². The minimum Gasteiger partial charge on any atom is -0.497 e. The Hall–Kier alpha value is -4.50. The number of hydrogen-bond acceptors (Lipinski definition) is 9. The number of nitrogens with zero attached hydrogens (tertiary/aromatic N) is 1. The minimum atomic E-state index is -5.12. The molecule has 0 aromatic heterocycles. The van der Waals surface area contributed by atoms with Crippen LogP contribution in [0.15, 0.2) is 48.5 Å². The molecular formula is C33H36ClF7N4O9S. The number of carbonyl (C=O) groups is 5. The van der Waals surface area contributed by atoms with Gasteiger partial charge in [0.15, 0.2) is 0 Å². The summed E-state index contributed by atoms with van der Waals surface area (Å²) < 4.78 is 128. The quantitative estimate of drug-likeness (QED) is 0.0963. The average Bonchev–Trinajstić information content (AvgIpc) is 3.55. The molecule has 13 nitrogen and oxygen atoms in total. The van der Waals surface area contributed by atoms with Gasteiger partial charge in [0.05, 0.1) is 25.0 Å². The summed E-state index contributed by atoms with van der Waals surface area (Å²) in [5.41, 5.74) is -0.752. The number of amides is 4. The first-order chi connectivity index (χ1) is 25.5. The van der Waals surface area contributed by atoms with Crippen molar-refractivity contribution in [1.29, 1.82) is 0 Å². The number of likely N-dealkylation sites (tertiary alicyclic amines) is 1. The Balaban J connectivity index is 2.00. The van der Waals surface area contributed by atoms with Gasteiger partial charge in [0.25, 0.3) is 11.8 Å². The highest BCUT2D eigenvalue weighted by Gasteiger charge is 2.53. The first-order valence-electron chi connectivity index (χ1n) is 16.2. The Bertz CT molecular complexity index is 1820. The number of ether oxygens (including phenoxy) is 1. The van der Waals surface area contributed by atoms with Gasteiger partial charge >= 0.3 is 18.0 Å². The largest absolute Gasteiger partial charge is 0.497 e. The number of halogens is 8. The maximum absolute atomic E-state index is 15.1. The SMILES string of the molecule is COc1ccc(C([C@@H]2C[C@@H](C(=O)N[C@H](C(=O)C(F)(F)C(=O)NCC(F)(F)F)C(C)C)N(C(=O)[C@H](CO)NC(=O)C(F)(F)c3cccc(Cl)c3)C2)[SH](=O)=O)cc1. The number of rotatable bonds is 16. The molecule has 0 bridgehead atoms. The topological polar surface area (TPSA) is 188 Å². The van der Waals surface area contributed by atoms with Gasteiger partial charge in [-0.3, -0.25) is 24.0 Å². The van der Waals surface area contributed by atoms with Crippen LogP contribution in [0.5, 0.6) is 5.75 Å². The molecule has 55 heavy (non-hydrogen) atoms. The zero-order valence-electron chi connectivity index (χ0n) is 29.0. The number of carbonyl (C=O) groups excluding carboxylic acids is 5. The monoisotopic (exact) mass is 832 g/mol. The van der Waals surface area contributed by atoms with Crippen LogP contribution >= 0.6 is 11.6 Å². The fourth-order valence-electron chi connectivity index (χ4n) is 5.79. The molecule has 4 N–H and O–H groups in total. The highest BCUT2D eigenvalue weighted by Crippen LogP contribution is 2.38. The summed E-state index contributed by atoms with van der Waals surface area (Å²) in [6, 6.07) is 3.15. The molecule has 1 heterocycles. The molecule has 4 amide bonds. The predicted molar refractivity (Wildman–Crippen MR) is 180 cm³/mol. The Morgan fingerprint density at radius 2 is 1.58 bits per heavy atom. The van der Waals surface area contributed by atoms with Crippen LogP contribution in [-0.2, 0) is 40.6 Å². The van der Waals surface area contributed by atoms with Crippen LogP contribution in [0.4, 0.5) is 30.7 Å². The van der Waals surface area contributed by atoms with Crippen LogP contribution in [-0.4, -0.2) is 105 Å². The normalized spacial score (nSPS) is 18.0. The molecule has 2 aromatic carbocycles. The van der Waals surface area contributed by atoms with Crippen molar-refractivity contribution in [2.24, 2.45) is 11.8 Å². The van der Waals surface area contributed by atoms with Gasteiger partial charge in [0.2, 0.25) is 17.6 Å². The molecule has 3 rings (SSSR count). The van der Waals surface area contributed by atoms with Crippen molar-refractivity contribution < 1.29 is 73.0 Å². The molecule has 1 saturated heterocycles. The second kappa shape index (κ2) is 18.0. The van der Waals surface area contributed by atoms with Gasteiger partial charge in [-0.05, 0) is 48.1 Å². The Kier molecular flexibility index (Phi) is 14.7. The molecule has 0 aliphatic carbocycles. The fourth-order valence-corrected chi connectivity index (χ4v) is 6.96. The third kappa shape index (κ3) is 10.8. The van der Waals surface area contributed by atoms with E-state index in [0.717, 1.165) is 37.4 Å². The number of aliphatic hydroxyl groups excluding tert-OH is 1. The molecule has 304 valence electrons. The summed E-state index contributed by atoms with van der Waals surface area (Å²) in [6.07, 6.45) is -5.70. The van der Waals surface area contributed by atoms with E-state index in [1.165, 1.54) is 37.4 Å². The van der Waals surface area contributed by atoms with Crippen LogP contribution in [0.2, 0.25) is 5.02 Å². The number of methoxy groups -OCH3 is 1. The summed E-state index contributed by atoms with van der Waals surface area (Å²) in [5.74, 6) is -21.4. The van der Waals surface area contributed by atoms with Crippen molar-refractivity contribution in [3.05, 3.63) is 64.7 Å². The fraction of sp³-hybridized carbons (Fsp3) is 0.485. The highest BCUT2D eigenvalue weighted by atomic mass is 35.5. The van der Waals surface area contributed by atoms with E-state index in [9.17, 15) is 59.4 Å². The van der Waals surface area contributed by atoms with Gasteiger partial charge in [-0.1, -0.05) is 49.7 Å². The lowest BCUT2D eigenvalue weighted by molar-refractivity contribution is -0.165. The Morgan fingerprint density at radius 1 is 0.964 bits per heavy atom. The molecule has 5 atom stereocenters. The zero-order valence-corrected chi connectivity index (χ0v) is 30.7. The van der Waals surface area contributed by atoms with Crippen LogP contribution in [0, 0.1) is 11.8 Å². The molecule has 2 aromatic rings. The number of benzene rings is 2. The van der Waals surface area contributed by atoms with E-state index in [-0.39, 0.29) is 10.6 Å². The van der Waals surface area contributed by atoms with E-state index in [1.54, 1.807) is 5.32 Å². The first-order valence-corrected chi connectivity index (χ1v) is 17.8. The highest BCUT2D eigenvalue weighted by molar-refractivity contribution is 7.72. The minimum absolute atomic E-state index is 0.142. The molecule has 1 unspecified atom stereocenters. The average molecular weight is 833 g/mol. The van der Waals surface area contributed by atoms with Gasteiger partial charge in [0.1, 0.15) is 35.1 Å². The second-order valence-corrected chi connectivity index (χ2v) is 14.3. The van der Waals surface area contributed by atoms with Gasteiger partial charge in [-0.2, -0.15) is 30.7 Å². The lowest BCUT2D eigenvalue weighted by atomic mass is 9.93. The lowest BCUT2D eigenvalue weighted by Gasteiger charge is -2.31. The number of nitrogens with one attached hydrogen (secondary N) is 3. The predicted octanol–water partition coefficient (Wildman–Crippen LogP) is 2.51. The number of ketones is 1. The number of thiol groups is 1. The Morgan fingerprint density at radius 3 is 2.09 bits per heavy atom. The third-order valence-corrected chi connectivity index (χ3v) is 10.0. The van der Waals surface area contributed by atoms with Crippen LogP contribution in [0.25, 0.3) is 0 Å². The molecule has 0 saturated carbocycles. The number of Topliss-reactive ketones (excluding diaryl/α,β-unsaturated/α-hetero) is 1. The van der Waals surface area contributed by atoms with Crippen molar-refractivity contribution in [3.63, 3.8) is 0 Å². The van der Waals surface area contributed by atoms with E-state index in [0.29, 0.717) is 10.6 Å². The summed E-state index contributed by atoms with van der Waals surface area (Å²) in [5, 5.41) is 13.0. The molecule has 1 aliphatic rings. The van der Waals surface area contributed by atoms with Crippen molar-refractivity contribution in [2.75, 3.05) is 26.8 Å². The molecule has 0 radical (unpaired) electrons. The van der Waals surface area contributed by atoms with Gasteiger partial charge < -0.3 is 30.7 Å². The third-order valence-electron chi connectivity index (χ3n) is 8.60. The smallest absolute Gasteiger partial charge is 0.405 e. The summed E-state index contributed by atoms with van der Waals surface area (Å²) in [6.45, 7) is -1.95. The summed E-state index contributed by atoms with van der Waals surface area (Å²) >= 11 is 5.76. The zero-order chi connectivity index (χ0) is 41.6. The van der Waals surface area contributed by atoms with Crippen LogP contribution < -0.4 is 20.7 Å². The first kappa shape index (κ1) is 44.9. The maximum atomic E-state index is 15.1. The Labute approximate surface area is 315 Å². The summed E-state index contributed by atoms with van der Waals surface area (Å²) in [7, 11) is -2.07. The number of aliphatic hydroxyl groups is 1. The second-order valence-electron chi connectivity index (χ2n) is 12.8. The van der Waals surface area contributed by atoms with Crippen molar-refractivity contribution in [3.8, 4) is 5.75 Å². The molecule has 0 spiro atoms.